The van der Waals surface area contributed by atoms with Crippen molar-refractivity contribution in [3.8, 4) is 0 Å². The third kappa shape index (κ3) is 5.50. The number of carbonyl (C=O) groups is 1. The van der Waals surface area contributed by atoms with Gasteiger partial charge in [-0.25, -0.2) is 4.79 Å². The van der Waals surface area contributed by atoms with Crippen LogP contribution in [0.2, 0.25) is 5.04 Å². The van der Waals surface area contributed by atoms with Gasteiger partial charge in [0, 0.05) is 7.11 Å². The molecule has 33 heavy (non-hydrogen) atoms. The fourth-order valence-electron chi connectivity index (χ4n) is 4.81. The molecule has 1 saturated heterocycles. The molecule has 180 valence electrons. The molecule has 0 aromatic heterocycles. The molecular weight excluding hydrogens is 430 g/mol. The first-order chi connectivity index (χ1) is 15.5. The molecule has 1 unspecified atom stereocenters. The predicted molar refractivity (Wildman–Crippen MR) is 135 cm³/mol. The maximum Gasteiger partial charge on any atom is 0.412 e. The Morgan fingerprint density at radius 2 is 1.42 bits per heavy atom. The summed E-state index contributed by atoms with van der Waals surface area (Å²) < 4.78 is 18.4. The van der Waals surface area contributed by atoms with E-state index in [1.807, 2.05) is 32.9 Å². The second-order valence-corrected chi connectivity index (χ2v) is 15.1. The molecule has 6 heteroatoms. The number of carbonyl (C=O) groups excluding carboxylic acids is 1. The Kier molecular flexibility index (Phi) is 7.71. The standard InChI is InChI=1S/C27H39NO4Si/c1-26(2,3)32-25(29)28-21(18-19-24(28)30-7)20-31-33(27(4,5)6,22-14-10-8-11-15-22)23-16-12-9-13-17-23/h8-17,21,24H,18-20H2,1-7H3/t21-,24?/m1/s1. The number of nitrogens with zero attached hydrogens (tertiary/aromatic N) is 1. The summed E-state index contributed by atoms with van der Waals surface area (Å²) in [5, 5.41) is 2.34. The Bertz CT molecular complexity index is 866. The van der Waals surface area contributed by atoms with Crippen LogP contribution in [0.25, 0.3) is 0 Å². The first kappa shape index (κ1) is 25.5. The molecule has 0 radical (unpaired) electrons. The zero-order valence-corrected chi connectivity index (χ0v) is 22.1. The lowest BCUT2D eigenvalue weighted by molar-refractivity contribution is -0.0462. The third-order valence-corrected chi connectivity index (χ3v) is 11.2. The number of methoxy groups -OCH3 is 1. The van der Waals surface area contributed by atoms with Crippen LogP contribution in [0.1, 0.15) is 54.4 Å². The van der Waals surface area contributed by atoms with E-state index >= 15 is 0 Å². The zero-order chi connectivity index (χ0) is 24.3. The number of hydrogen-bond acceptors (Lipinski definition) is 4. The van der Waals surface area contributed by atoms with Gasteiger partial charge in [-0.2, -0.15) is 0 Å². The third-order valence-electron chi connectivity index (χ3n) is 6.24. The molecule has 5 nitrogen and oxygen atoms in total. The van der Waals surface area contributed by atoms with Gasteiger partial charge in [0.2, 0.25) is 0 Å². The van der Waals surface area contributed by atoms with E-state index in [-0.39, 0.29) is 23.4 Å². The number of benzene rings is 2. The molecule has 2 aromatic carbocycles. The molecule has 2 aromatic rings. The normalized spacial score (nSPS) is 19.5. The zero-order valence-electron chi connectivity index (χ0n) is 21.1. The van der Waals surface area contributed by atoms with Crippen molar-refractivity contribution in [3.63, 3.8) is 0 Å². The second-order valence-electron chi connectivity index (χ2n) is 10.8. The summed E-state index contributed by atoms with van der Waals surface area (Å²) in [6.45, 7) is 12.9. The summed E-state index contributed by atoms with van der Waals surface area (Å²) in [4.78, 5) is 14.8. The quantitative estimate of drug-likeness (QED) is 0.563. The van der Waals surface area contributed by atoms with Crippen LogP contribution in [0.15, 0.2) is 60.7 Å². The predicted octanol–water partition coefficient (Wildman–Crippen LogP) is 4.94. The molecular formula is C27H39NO4Si. The summed E-state index contributed by atoms with van der Waals surface area (Å²) >= 11 is 0. The van der Waals surface area contributed by atoms with Crippen molar-refractivity contribution < 1.29 is 18.7 Å². The van der Waals surface area contributed by atoms with E-state index in [1.54, 1.807) is 12.0 Å². The Labute approximate surface area is 200 Å². The van der Waals surface area contributed by atoms with Gasteiger partial charge >= 0.3 is 6.09 Å². The maximum atomic E-state index is 13.1. The first-order valence-electron chi connectivity index (χ1n) is 11.8. The summed E-state index contributed by atoms with van der Waals surface area (Å²) in [5.74, 6) is 0. The summed E-state index contributed by atoms with van der Waals surface area (Å²) in [6.07, 6.45) is 0.941. The van der Waals surface area contributed by atoms with E-state index in [1.165, 1.54) is 10.4 Å². The van der Waals surface area contributed by atoms with Gasteiger partial charge in [-0.15, -0.1) is 0 Å². The van der Waals surface area contributed by atoms with Gasteiger partial charge in [0.15, 0.2) is 0 Å². The molecule has 0 N–H and O–H groups in total. The van der Waals surface area contributed by atoms with E-state index in [2.05, 4.69) is 69.3 Å². The lowest BCUT2D eigenvalue weighted by atomic mass is 10.2. The lowest BCUT2D eigenvalue weighted by Gasteiger charge is -2.44. The van der Waals surface area contributed by atoms with Crippen molar-refractivity contribution in [1.29, 1.82) is 0 Å². The van der Waals surface area contributed by atoms with Gasteiger partial charge in [-0.3, -0.25) is 4.90 Å². The number of rotatable bonds is 6. The highest BCUT2D eigenvalue weighted by molar-refractivity contribution is 6.99. The van der Waals surface area contributed by atoms with Gasteiger partial charge in [-0.05, 0) is 49.0 Å². The van der Waals surface area contributed by atoms with E-state index < -0.39 is 13.9 Å². The van der Waals surface area contributed by atoms with Crippen LogP contribution in [0.3, 0.4) is 0 Å². The highest BCUT2D eigenvalue weighted by atomic mass is 28.4. The second kappa shape index (κ2) is 10.00. The van der Waals surface area contributed by atoms with Crippen LogP contribution in [-0.2, 0) is 13.9 Å². The minimum absolute atomic E-state index is 0.105. The van der Waals surface area contributed by atoms with Crippen molar-refractivity contribution in [2.24, 2.45) is 0 Å². The van der Waals surface area contributed by atoms with E-state index in [4.69, 9.17) is 13.9 Å². The van der Waals surface area contributed by atoms with Crippen LogP contribution in [-0.4, -0.2) is 50.9 Å². The Hall–Kier alpha value is -2.15. The van der Waals surface area contributed by atoms with Crippen LogP contribution < -0.4 is 10.4 Å². The average Bonchev–Trinajstić information content (AvgIpc) is 3.17. The smallest absolute Gasteiger partial charge is 0.412 e. The van der Waals surface area contributed by atoms with Crippen LogP contribution >= 0.6 is 0 Å². The van der Waals surface area contributed by atoms with Gasteiger partial charge in [0.25, 0.3) is 8.32 Å². The van der Waals surface area contributed by atoms with Crippen molar-refractivity contribution in [2.45, 2.75) is 77.3 Å². The fraction of sp³-hybridized carbons (Fsp3) is 0.519. The van der Waals surface area contributed by atoms with Crippen molar-refractivity contribution in [1.82, 2.24) is 4.90 Å². The van der Waals surface area contributed by atoms with Gasteiger partial charge in [0.05, 0.1) is 12.6 Å². The number of likely N-dealkylation sites (tertiary alicyclic amines) is 1. The highest BCUT2D eigenvalue weighted by Crippen LogP contribution is 2.38. The van der Waals surface area contributed by atoms with Crippen molar-refractivity contribution in [3.05, 3.63) is 60.7 Å². The first-order valence-corrected chi connectivity index (χ1v) is 13.7. The molecule has 1 heterocycles. The Morgan fingerprint density at radius 3 is 1.85 bits per heavy atom. The van der Waals surface area contributed by atoms with Gasteiger partial charge in [-0.1, -0.05) is 81.4 Å². The van der Waals surface area contributed by atoms with Crippen LogP contribution in [0, 0.1) is 0 Å². The fourth-order valence-corrected chi connectivity index (χ4v) is 9.41. The van der Waals surface area contributed by atoms with Crippen LogP contribution in [0.4, 0.5) is 4.79 Å². The molecule has 0 bridgehead atoms. The molecule has 1 aliphatic rings. The summed E-state index contributed by atoms with van der Waals surface area (Å²) in [5.41, 5.74) is -0.568. The van der Waals surface area contributed by atoms with Crippen molar-refractivity contribution in [2.75, 3.05) is 13.7 Å². The van der Waals surface area contributed by atoms with Gasteiger partial charge in [0.1, 0.15) is 11.8 Å². The SMILES string of the molecule is COC1CC[C@H](CO[Si](c2ccccc2)(c2ccccc2)C(C)(C)C)N1C(=O)OC(C)(C)C. The topological polar surface area (TPSA) is 48.0 Å². The van der Waals surface area contributed by atoms with E-state index in [0.29, 0.717) is 6.61 Å². The molecule has 1 fully saturated rings. The van der Waals surface area contributed by atoms with Gasteiger partial charge < -0.3 is 13.9 Å². The number of amides is 1. The molecule has 0 spiro atoms. The Morgan fingerprint density at radius 1 is 0.909 bits per heavy atom. The monoisotopic (exact) mass is 469 g/mol. The number of ether oxygens (including phenoxy) is 2. The highest BCUT2D eigenvalue weighted by Gasteiger charge is 2.51. The molecule has 2 atom stereocenters. The minimum atomic E-state index is -2.68. The molecule has 0 saturated carbocycles. The molecule has 0 aliphatic carbocycles. The summed E-state index contributed by atoms with van der Waals surface area (Å²) in [6, 6.07) is 21.0. The van der Waals surface area contributed by atoms with Crippen molar-refractivity contribution >= 4 is 24.8 Å². The largest absolute Gasteiger partial charge is 0.444 e. The molecule has 1 aliphatic heterocycles. The maximum absolute atomic E-state index is 13.1. The Balaban J connectivity index is 1.98. The minimum Gasteiger partial charge on any atom is -0.444 e. The van der Waals surface area contributed by atoms with E-state index in [0.717, 1.165) is 12.8 Å². The molecule has 1 amide bonds. The average molecular weight is 470 g/mol. The number of hydrogen-bond donors (Lipinski definition) is 0. The lowest BCUT2D eigenvalue weighted by Crippen LogP contribution is -2.67. The van der Waals surface area contributed by atoms with Crippen LogP contribution in [0.5, 0.6) is 0 Å². The summed E-state index contributed by atoms with van der Waals surface area (Å²) in [7, 11) is -1.03. The van der Waals surface area contributed by atoms with E-state index in [9.17, 15) is 4.79 Å². The molecule has 3 rings (SSSR count).